The number of urea groups is 1. The van der Waals surface area contributed by atoms with Crippen LogP contribution in [0.2, 0.25) is 0 Å². The lowest BCUT2D eigenvalue weighted by Crippen LogP contribution is -2.25. The minimum absolute atomic E-state index is 0.158. The molecule has 0 aliphatic rings. The fourth-order valence-corrected chi connectivity index (χ4v) is 1.74. The van der Waals surface area contributed by atoms with E-state index in [1.165, 1.54) is 44.4 Å². The highest BCUT2D eigenvalue weighted by Gasteiger charge is 1.98. The Morgan fingerprint density at radius 1 is 1.14 bits per heavy atom. The van der Waals surface area contributed by atoms with E-state index in [9.17, 15) is 9.59 Å². The van der Waals surface area contributed by atoms with Crippen molar-refractivity contribution in [1.82, 2.24) is 5.32 Å². The van der Waals surface area contributed by atoms with Crippen LogP contribution in [0.1, 0.15) is 58.8 Å². The molecule has 0 aliphatic heterocycles. The summed E-state index contributed by atoms with van der Waals surface area (Å²) in [6, 6.07) is -0.424. The van der Waals surface area contributed by atoms with Crippen LogP contribution in [0.4, 0.5) is 4.79 Å². The van der Waals surface area contributed by atoms with Gasteiger partial charge < -0.3 is 10.1 Å². The van der Waals surface area contributed by atoms with Gasteiger partial charge in [-0.1, -0.05) is 45.1 Å². The molecule has 0 aromatic rings. The van der Waals surface area contributed by atoms with Crippen molar-refractivity contribution in [2.75, 3.05) is 13.2 Å². The van der Waals surface area contributed by atoms with Gasteiger partial charge in [-0.3, -0.25) is 0 Å². The number of hydrogen-bond donors (Lipinski definition) is 1. The van der Waals surface area contributed by atoms with Gasteiger partial charge in [-0.05, 0) is 19.8 Å². The Morgan fingerprint density at radius 3 is 2.57 bits per heavy atom. The molecule has 0 saturated carbocycles. The maximum absolute atomic E-state index is 11.3. The number of carbonyl (C=O) groups is 2. The van der Waals surface area contributed by atoms with Crippen LogP contribution in [0.5, 0.6) is 0 Å². The van der Waals surface area contributed by atoms with Crippen LogP contribution in [0, 0.1) is 0 Å². The van der Waals surface area contributed by atoms with Crippen molar-refractivity contribution in [2.24, 2.45) is 4.99 Å². The first-order valence-electron chi connectivity index (χ1n) is 7.80. The molecule has 120 valence electrons. The van der Waals surface area contributed by atoms with Gasteiger partial charge in [0.05, 0.1) is 6.54 Å². The van der Waals surface area contributed by atoms with Crippen LogP contribution < -0.4 is 5.32 Å². The fraction of sp³-hybridized carbons (Fsp3) is 0.688. The van der Waals surface area contributed by atoms with E-state index in [1.54, 1.807) is 6.92 Å². The first-order valence-corrected chi connectivity index (χ1v) is 7.80. The molecule has 0 unspecified atom stereocenters. The quantitative estimate of drug-likeness (QED) is 0.274. The fourth-order valence-electron chi connectivity index (χ4n) is 1.74. The monoisotopic (exact) mass is 296 g/mol. The third-order valence-electron chi connectivity index (χ3n) is 2.85. The Kier molecular flexibility index (Phi) is 13.6. The SMILES string of the molecule is CC=NC(=O)NCCOC(=O)C=CCCCCCCCC. The summed E-state index contributed by atoms with van der Waals surface area (Å²) in [7, 11) is 0. The summed E-state index contributed by atoms with van der Waals surface area (Å²) in [5.41, 5.74) is 0. The van der Waals surface area contributed by atoms with Gasteiger partial charge in [0.25, 0.3) is 0 Å². The number of carbonyl (C=O) groups excluding carboxylic acids is 2. The standard InChI is InChI=1S/C16H28N2O3/c1-3-5-6-7-8-9-10-11-12-15(19)21-14-13-18-16(20)17-4-2/h4,11-12H,3,5-10,13-14H2,1-2H3,(H,18,20). The highest BCUT2D eigenvalue weighted by molar-refractivity contribution is 5.83. The van der Waals surface area contributed by atoms with E-state index in [2.05, 4.69) is 17.2 Å². The molecular formula is C16H28N2O3. The van der Waals surface area contributed by atoms with Crippen LogP contribution in [0.15, 0.2) is 17.1 Å². The normalized spacial score (nSPS) is 11.1. The van der Waals surface area contributed by atoms with Crippen molar-refractivity contribution in [3.8, 4) is 0 Å². The molecule has 2 amide bonds. The number of unbranched alkanes of at least 4 members (excludes halogenated alkanes) is 6. The second kappa shape index (κ2) is 14.8. The summed E-state index contributed by atoms with van der Waals surface area (Å²) in [6.45, 7) is 4.29. The first kappa shape index (κ1) is 19.4. The number of rotatable bonds is 11. The lowest BCUT2D eigenvalue weighted by molar-refractivity contribution is -0.137. The van der Waals surface area contributed by atoms with E-state index in [1.807, 2.05) is 6.08 Å². The van der Waals surface area contributed by atoms with Gasteiger partial charge in [-0.2, -0.15) is 0 Å². The number of aliphatic imine (C=N–C) groups is 1. The largest absolute Gasteiger partial charge is 0.461 e. The van der Waals surface area contributed by atoms with Crippen molar-refractivity contribution in [3.05, 3.63) is 12.2 Å². The van der Waals surface area contributed by atoms with Crippen LogP contribution in [0.25, 0.3) is 0 Å². The zero-order chi connectivity index (χ0) is 15.8. The van der Waals surface area contributed by atoms with E-state index < -0.39 is 6.03 Å². The molecule has 0 bridgehead atoms. The highest BCUT2D eigenvalue weighted by atomic mass is 16.5. The molecule has 5 nitrogen and oxygen atoms in total. The molecule has 0 radical (unpaired) electrons. The van der Waals surface area contributed by atoms with Crippen LogP contribution in [0.3, 0.4) is 0 Å². The van der Waals surface area contributed by atoms with Crippen LogP contribution in [-0.2, 0) is 9.53 Å². The third kappa shape index (κ3) is 14.6. The smallest absolute Gasteiger partial charge is 0.340 e. The number of ether oxygens (including phenoxy) is 1. The first-order chi connectivity index (χ1) is 10.2. The molecule has 0 saturated heterocycles. The second-order valence-electron chi connectivity index (χ2n) is 4.75. The van der Waals surface area contributed by atoms with E-state index in [0.29, 0.717) is 0 Å². The average Bonchev–Trinajstić information content (AvgIpc) is 2.47. The summed E-state index contributed by atoms with van der Waals surface area (Å²) in [6.07, 6.45) is 13.1. The van der Waals surface area contributed by atoms with E-state index in [4.69, 9.17) is 4.74 Å². The lowest BCUT2D eigenvalue weighted by Gasteiger charge is -2.02. The van der Waals surface area contributed by atoms with Crippen LogP contribution >= 0.6 is 0 Å². The molecule has 0 rings (SSSR count). The Balaban J connectivity index is 3.44. The van der Waals surface area contributed by atoms with Gasteiger partial charge in [0, 0.05) is 12.3 Å². The number of nitrogens with zero attached hydrogens (tertiary/aromatic N) is 1. The molecular weight excluding hydrogens is 268 g/mol. The zero-order valence-electron chi connectivity index (χ0n) is 13.3. The maximum atomic E-state index is 11.3. The molecule has 0 aliphatic carbocycles. The van der Waals surface area contributed by atoms with Crippen molar-refractivity contribution in [3.63, 3.8) is 0 Å². The minimum Gasteiger partial charge on any atom is -0.461 e. The number of amides is 2. The Morgan fingerprint density at radius 2 is 1.86 bits per heavy atom. The van der Waals surface area contributed by atoms with E-state index in [0.717, 1.165) is 12.8 Å². The molecule has 5 heteroatoms. The van der Waals surface area contributed by atoms with Crippen molar-refractivity contribution < 1.29 is 14.3 Å². The molecule has 0 heterocycles. The molecule has 0 aromatic heterocycles. The van der Waals surface area contributed by atoms with Gasteiger partial charge in [-0.25, -0.2) is 14.6 Å². The molecule has 0 atom stereocenters. The maximum Gasteiger partial charge on any atom is 0.340 e. The van der Waals surface area contributed by atoms with Gasteiger partial charge in [0.1, 0.15) is 6.61 Å². The number of allylic oxidation sites excluding steroid dienone is 1. The Hall–Kier alpha value is -1.65. The summed E-state index contributed by atoms with van der Waals surface area (Å²) < 4.78 is 4.94. The summed E-state index contributed by atoms with van der Waals surface area (Å²) in [5.74, 6) is -0.366. The summed E-state index contributed by atoms with van der Waals surface area (Å²) >= 11 is 0. The third-order valence-corrected chi connectivity index (χ3v) is 2.85. The van der Waals surface area contributed by atoms with Gasteiger partial charge >= 0.3 is 12.0 Å². The van der Waals surface area contributed by atoms with Gasteiger partial charge in [0.2, 0.25) is 0 Å². The lowest BCUT2D eigenvalue weighted by atomic mass is 10.1. The van der Waals surface area contributed by atoms with Crippen LogP contribution in [-0.4, -0.2) is 31.4 Å². The van der Waals surface area contributed by atoms with Gasteiger partial charge in [0.15, 0.2) is 0 Å². The van der Waals surface area contributed by atoms with E-state index in [-0.39, 0.29) is 19.1 Å². The average molecular weight is 296 g/mol. The molecule has 0 aromatic carbocycles. The predicted molar refractivity (Wildman–Crippen MR) is 85.7 cm³/mol. The molecule has 21 heavy (non-hydrogen) atoms. The van der Waals surface area contributed by atoms with Gasteiger partial charge in [-0.15, -0.1) is 0 Å². The van der Waals surface area contributed by atoms with E-state index >= 15 is 0 Å². The summed E-state index contributed by atoms with van der Waals surface area (Å²) in [4.78, 5) is 25.8. The second-order valence-corrected chi connectivity index (χ2v) is 4.75. The molecule has 0 spiro atoms. The Labute approximate surface area is 127 Å². The van der Waals surface area contributed by atoms with Crippen molar-refractivity contribution in [1.29, 1.82) is 0 Å². The van der Waals surface area contributed by atoms with Crippen molar-refractivity contribution >= 4 is 18.2 Å². The number of hydrogen-bond acceptors (Lipinski definition) is 3. The topological polar surface area (TPSA) is 67.8 Å². The summed E-state index contributed by atoms with van der Waals surface area (Å²) in [5, 5.41) is 2.50. The minimum atomic E-state index is -0.424. The number of esters is 1. The van der Waals surface area contributed by atoms with Crippen molar-refractivity contribution in [2.45, 2.75) is 58.8 Å². The Bertz CT molecular complexity index is 338. The predicted octanol–water partition coefficient (Wildman–Crippen LogP) is 3.64. The zero-order valence-corrected chi connectivity index (χ0v) is 13.3. The molecule has 1 N–H and O–H groups in total. The highest BCUT2D eigenvalue weighted by Crippen LogP contribution is 2.07. The molecule has 0 fully saturated rings. The number of nitrogens with one attached hydrogen (secondary N) is 1.